The molecule has 1 aliphatic heterocycles. The van der Waals surface area contributed by atoms with Crippen molar-refractivity contribution in [3.63, 3.8) is 0 Å². The number of likely N-dealkylation sites (tertiary alicyclic amines) is 1. The van der Waals surface area contributed by atoms with Crippen molar-refractivity contribution in [3.8, 4) is 0 Å². The minimum atomic E-state index is -0.0817. The molecule has 0 spiro atoms. The molecule has 0 saturated carbocycles. The van der Waals surface area contributed by atoms with E-state index < -0.39 is 0 Å². The van der Waals surface area contributed by atoms with E-state index in [2.05, 4.69) is 4.90 Å². The second-order valence-electron chi connectivity index (χ2n) is 3.85. The van der Waals surface area contributed by atoms with Crippen LogP contribution in [0.2, 0.25) is 0 Å². The molecular weight excluding hydrogens is 186 g/mol. The normalized spacial score (nSPS) is 24.9. The molecule has 1 N–H and O–H groups in total. The van der Waals surface area contributed by atoms with E-state index in [1.807, 2.05) is 0 Å². The van der Waals surface area contributed by atoms with Gasteiger partial charge >= 0.3 is 0 Å². The molecule has 0 aliphatic carbocycles. The predicted molar refractivity (Wildman–Crippen MR) is 56.3 cm³/mol. The number of β-amino-alcohol motifs (C(OH)–C–C–N with tert-alkyl or cyclic N) is 1. The van der Waals surface area contributed by atoms with E-state index in [0.29, 0.717) is 0 Å². The van der Waals surface area contributed by atoms with Crippen LogP contribution in [0.3, 0.4) is 0 Å². The lowest BCUT2D eigenvalue weighted by molar-refractivity contribution is 0.0699. The van der Waals surface area contributed by atoms with Gasteiger partial charge in [0, 0.05) is 12.4 Å². The van der Waals surface area contributed by atoms with Crippen LogP contribution < -0.4 is 0 Å². The molecule has 13 heavy (non-hydrogen) atoms. The van der Waals surface area contributed by atoms with Gasteiger partial charge in [-0.15, -0.1) is 11.6 Å². The molecule has 1 rings (SSSR count). The summed E-state index contributed by atoms with van der Waals surface area (Å²) in [6.45, 7) is 3.17. The van der Waals surface area contributed by atoms with Gasteiger partial charge in [0.2, 0.25) is 0 Å². The Kier molecular flexibility index (Phi) is 5.76. The van der Waals surface area contributed by atoms with Crippen molar-refractivity contribution < 1.29 is 5.11 Å². The third kappa shape index (κ3) is 4.84. The first kappa shape index (κ1) is 11.3. The zero-order valence-corrected chi connectivity index (χ0v) is 8.97. The third-order valence-corrected chi connectivity index (χ3v) is 2.86. The molecule has 0 aromatic carbocycles. The number of nitrogens with zero attached hydrogens (tertiary/aromatic N) is 1. The molecule has 0 aromatic rings. The molecule has 1 heterocycles. The molecular formula is C10H20ClNO. The summed E-state index contributed by atoms with van der Waals surface area (Å²) in [4.78, 5) is 2.36. The Balaban J connectivity index is 2.00. The Labute approximate surface area is 85.9 Å². The minimum absolute atomic E-state index is 0.0817. The van der Waals surface area contributed by atoms with Gasteiger partial charge in [-0.2, -0.15) is 0 Å². The van der Waals surface area contributed by atoms with Gasteiger partial charge in [0.25, 0.3) is 0 Å². The Hall–Kier alpha value is 0.210. The van der Waals surface area contributed by atoms with E-state index in [1.54, 1.807) is 0 Å². The first-order valence-corrected chi connectivity index (χ1v) is 5.83. The monoisotopic (exact) mass is 205 g/mol. The molecule has 1 fully saturated rings. The van der Waals surface area contributed by atoms with Gasteiger partial charge in [-0.3, -0.25) is 0 Å². The third-order valence-electron chi connectivity index (χ3n) is 2.59. The van der Waals surface area contributed by atoms with Gasteiger partial charge < -0.3 is 10.0 Å². The topological polar surface area (TPSA) is 23.5 Å². The molecule has 0 radical (unpaired) electrons. The fourth-order valence-corrected chi connectivity index (χ4v) is 2.03. The Morgan fingerprint density at radius 1 is 1.31 bits per heavy atom. The van der Waals surface area contributed by atoms with Gasteiger partial charge in [-0.1, -0.05) is 6.42 Å². The fraction of sp³-hybridized carbons (Fsp3) is 1.00. The maximum Gasteiger partial charge on any atom is 0.0667 e. The van der Waals surface area contributed by atoms with Crippen molar-refractivity contribution in [2.45, 2.75) is 38.2 Å². The molecule has 2 nitrogen and oxygen atoms in total. The summed E-state index contributed by atoms with van der Waals surface area (Å²) in [5, 5.41) is 9.42. The molecule has 0 amide bonds. The Morgan fingerprint density at radius 2 is 2.15 bits per heavy atom. The number of piperidine rings is 1. The van der Waals surface area contributed by atoms with Crippen LogP contribution in [0.4, 0.5) is 0 Å². The van der Waals surface area contributed by atoms with Crippen LogP contribution in [0.25, 0.3) is 0 Å². The number of aliphatic hydroxyl groups excluding tert-OH is 1. The van der Waals surface area contributed by atoms with Gasteiger partial charge in [0.05, 0.1) is 6.10 Å². The zero-order valence-electron chi connectivity index (χ0n) is 8.21. The van der Waals surface area contributed by atoms with E-state index in [1.165, 1.54) is 12.8 Å². The number of hydrogen-bond acceptors (Lipinski definition) is 2. The van der Waals surface area contributed by atoms with Crippen molar-refractivity contribution in [2.75, 3.05) is 25.5 Å². The maximum absolute atomic E-state index is 9.42. The van der Waals surface area contributed by atoms with Crippen molar-refractivity contribution in [1.29, 1.82) is 0 Å². The summed E-state index contributed by atoms with van der Waals surface area (Å²) in [5.74, 6) is 0.780. The number of aliphatic hydroxyl groups is 1. The van der Waals surface area contributed by atoms with Crippen LogP contribution in [0.5, 0.6) is 0 Å². The number of unbranched alkanes of at least 4 members (excludes halogenated alkanes) is 2. The lowest BCUT2D eigenvalue weighted by atomic mass is 10.1. The molecule has 1 atom stereocenters. The largest absolute Gasteiger partial charge is 0.392 e. The molecule has 1 aliphatic rings. The van der Waals surface area contributed by atoms with Crippen LogP contribution in [0.1, 0.15) is 32.1 Å². The van der Waals surface area contributed by atoms with E-state index in [0.717, 1.165) is 44.8 Å². The number of rotatable bonds is 5. The number of halogens is 1. The maximum atomic E-state index is 9.42. The standard InChI is InChI=1S/C10H20ClNO/c11-6-2-1-3-7-12-8-4-5-10(13)9-12/h10,13H,1-9H2. The first-order valence-electron chi connectivity index (χ1n) is 5.29. The van der Waals surface area contributed by atoms with Crippen molar-refractivity contribution in [3.05, 3.63) is 0 Å². The summed E-state index contributed by atoms with van der Waals surface area (Å²) >= 11 is 5.59. The molecule has 3 heteroatoms. The average Bonchev–Trinajstić information content (AvgIpc) is 2.13. The second-order valence-corrected chi connectivity index (χ2v) is 4.22. The average molecular weight is 206 g/mol. The smallest absolute Gasteiger partial charge is 0.0667 e. The molecule has 0 bridgehead atoms. The SMILES string of the molecule is OC1CCCN(CCCCCCl)C1. The molecule has 1 unspecified atom stereocenters. The van der Waals surface area contributed by atoms with Crippen LogP contribution in [0.15, 0.2) is 0 Å². The first-order chi connectivity index (χ1) is 6.33. The quantitative estimate of drug-likeness (QED) is 0.547. The van der Waals surface area contributed by atoms with Gasteiger partial charge in [0.15, 0.2) is 0 Å². The minimum Gasteiger partial charge on any atom is -0.392 e. The fourth-order valence-electron chi connectivity index (χ4n) is 1.84. The predicted octanol–water partition coefficient (Wildman–Crippen LogP) is 1.85. The number of hydrogen-bond donors (Lipinski definition) is 1. The molecule has 1 saturated heterocycles. The summed E-state index contributed by atoms with van der Waals surface area (Å²) < 4.78 is 0. The van der Waals surface area contributed by atoms with Crippen LogP contribution in [-0.2, 0) is 0 Å². The summed E-state index contributed by atoms with van der Waals surface area (Å²) in [7, 11) is 0. The molecule has 0 aromatic heterocycles. The lowest BCUT2D eigenvalue weighted by Crippen LogP contribution is -2.38. The summed E-state index contributed by atoms with van der Waals surface area (Å²) in [6.07, 6.45) is 5.62. The van der Waals surface area contributed by atoms with Gasteiger partial charge in [-0.25, -0.2) is 0 Å². The highest BCUT2D eigenvalue weighted by molar-refractivity contribution is 6.17. The van der Waals surface area contributed by atoms with Crippen LogP contribution >= 0.6 is 11.6 Å². The molecule has 78 valence electrons. The Morgan fingerprint density at radius 3 is 2.85 bits per heavy atom. The highest BCUT2D eigenvalue weighted by Gasteiger charge is 2.16. The lowest BCUT2D eigenvalue weighted by Gasteiger charge is -2.29. The summed E-state index contributed by atoms with van der Waals surface area (Å²) in [5.41, 5.74) is 0. The summed E-state index contributed by atoms with van der Waals surface area (Å²) in [6, 6.07) is 0. The second kappa shape index (κ2) is 6.63. The van der Waals surface area contributed by atoms with Gasteiger partial charge in [0.1, 0.15) is 0 Å². The van der Waals surface area contributed by atoms with E-state index in [4.69, 9.17) is 11.6 Å². The number of alkyl halides is 1. The van der Waals surface area contributed by atoms with Crippen molar-refractivity contribution >= 4 is 11.6 Å². The van der Waals surface area contributed by atoms with E-state index in [-0.39, 0.29) is 6.10 Å². The zero-order chi connectivity index (χ0) is 9.52. The van der Waals surface area contributed by atoms with E-state index >= 15 is 0 Å². The van der Waals surface area contributed by atoms with Crippen molar-refractivity contribution in [1.82, 2.24) is 4.90 Å². The van der Waals surface area contributed by atoms with E-state index in [9.17, 15) is 5.11 Å². The van der Waals surface area contributed by atoms with Crippen molar-refractivity contribution in [2.24, 2.45) is 0 Å². The highest BCUT2D eigenvalue weighted by Crippen LogP contribution is 2.10. The van der Waals surface area contributed by atoms with Crippen LogP contribution in [-0.4, -0.2) is 41.6 Å². The van der Waals surface area contributed by atoms with Gasteiger partial charge in [-0.05, 0) is 38.8 Å². The van der Waals surface area contributed by atoms with Crippen LogP contribution in [0, 0.1) is 0 Å². The highest BCUT2D eigenvalue weighted by atomic mass is 35.5. The Bertz CT molecular complexity index is 132.